The first-order valence-electron chi connectivity index (χ1n) is 6.87. The van der Waals surface area contributed by atoms with Crippen LogP contribution in [0.1, 0.15) is 12.8 Å². The highest BCUT2D eigenvalue weighted by atomic mass is 16.5. The maximum Gasteiger partial charge on any atom is 0.240 e. The highest BCUT2D eigenvalue weighted by molar-refractivity contribution is 5.60. The van der Waals surface area contributed by atoms with Gasteiger partial charge in [0.25, 0.3) is 0 Å². The number of piperazine rings is 1. The zero-order valence-corrected chi connectivity index (χ0v) is 11.5. The molecule has 0 bridgehead atoms. The van der Waals surface area contributed by atoms with Crippen LogP contribution in [0.25, 0.3) is 11.4 Å². The van der Waals surface area contributed by atoms with Crippen LogP contribution in [0, 0.1) is 0 Å². The van der Waals surface area contributed by atoms with E-state index in [1.54, 1.807) is 0 Å². The molecular formula is C14H19N5O. The fraction of sp³-hybridized carbons (Fsp3) is 0.429. The maximum atomic E-state index is 5.47. The SMILES string of the molecule is C[C@@H]1CN(c2ccc(-c3noc(CN)n3)cc2)CCN1. The van der Waals surface area contributed by atoms with Crippen LogP contribution < -0.4 is 16.0 Å². The van der Waals surface area contributed by atoms with Gasteiger partial charge in [0.15, 0.2) is 0 Å². The molecule has 1 aromatic carbocycles. The molecule has 0 unspecified atom stereocenters. The standard InChI is InChI=1S/C14H19N5O/c1-10-9-19(7-6-16-10)12-4-2-11(3-5-12)14-17-13(8-15)20-18-14/h2-5,10,16H,6-9,15H2,1H3/t10-/m1/s1. The van der Waals surface area contributed by atoms with E-state index in [0.29, 0.717) is 17.8 Å². The summed E-state index contributed by atoms with van der Waals surface area (Å²) < 4.78 is 5.02. The molecule has 6 heteroatoms. The zero-order chi connectivity index (χ0) is 13.9. The largest absolute Gasteiger partial charge is 0.369 e. The third kappa shape index (κ3) is 2.66. The van der Waals surface area contributed by atoms with E-state index >= 15 is 0 Å². The molecule has 0 radical (unpaired) electrons. The lowest BCUT2D eigenvalue weighted by Gasteiger charge is -2.33. The summed E-state index contributed by atoms with van der Waals surface area (Å²) in [4.78, 5) is 6.61. The lowest BCUT2D eigenvalue weighted by Crippen LogP contribution is -2.49. The molecule has 1 fully saturated rings. The summed E-state index contributed by atoms with van der Waals surface area (Å²) in [5.74, 6) is 1.05. The van der Waals surface area contributed by atoms with Crippen molar-refractivity contribution in [1.82, 2.24) is 15.5 Å². The summed E-state index contributed by atoms with van der Waals surface area (Å²) in [6.07, 6.45) is 0. The van der Waals surface area contributed by atoms with Crippen LogP contribution in [0.15, 0.2) is 28.8 Å². The normalized spacial score (nSPS) is 19.3. The second kappa shape index (κ2) is 5.60. The van der Waals surface area contributed by atoms with E-state index in [2.05, 4.69) is 39.4 Å². The van der Waals surface area contributed by atoms with E-state index in [-0.39, 0.29) is 6.54 Å². The number of anilines is 1. The molecule has 1 atom stereocenters. The molecule has 0 amide bonds. The minimum atomic E-state index is 0.268. The van der Waals surface area contributed by atoms with Crippen molar-refractivity contribution in [2.75, 3.05) is 24.5 Å². The summed E-state index contributed by atoms with van der Waals surface area (Å²) in [6, 6.07) is 8.77. The average Bonchev–Trinajstić information content (AvgIpc) is 2.96. The van der Waals surface area contributed by atoms with Crippen LogP contribution in [0.3, 0.4) is 0 Å². The van der Waals surface area contributed by atoms with Gasteiger partial charge in [-0.05, 0) is 31.2 Å². The van der Waals surface area contributed by atoms with Crippen molar-refractivity contribution in [3.63, 3.8) is 0 Å². The molecule has 1 saturated heterocycles. The van der Waals surface area contributed by atoms with Gasteiger partial charge in [0.1, 0.15) is 0 Å². The lowest BCUT2D eigenvalue weighted by molar-refractivity contribution is 0.380. The molecule has 0 saturated carbocycles. The highest BCUT2D eigenvalue weighted by Gasteiger charge is 2.16. The van der Waals surface area contributed by atoms with Gasteiger partial charge in [0, 0.05) is 36.9 Å². The van der Waals surface area contributed by atoms with Crippen molar-refractivity contribution in [3.8, 4) is 11.4 Å². The predicted octanol–water partition coefficient (Wildman–Crippen LogP) is 0.993. The molecule has 0 spiro atoms. The smallest absolute Gasteiger partial charge is 0.240 e. The Hall–Kier alpha value is -1.92. The van der Waals surface area contributed by atoms with E-state index in [1.807, 2.05) is 12.1 Å². The van der Waals surface area contributed by atoms with Crippen molar-refractivity contribution < 1.29 is 4.52 Å². The van der Waals surface area contributed by atoms with Crippen molar-refractivity contribution in [2.45, 2.75) is 19.5 Å². The van der Waals surface area contributed by atoms with Gasteiger partial charge in [-0.3, -0.25) is 0 Å². The van der Waals surface area contributed by atoms with Crippen molar-refractivity contribution in [3.05, 3.63) is 30.2 Å². The van der Waals surface area contributed by atoms with Gasteiger partial charge in [0.05, 0.1) is 6.54 Å². The minimum Gasteiger partial charge on any atom is -0.369 e. The monoisotopic (exact) mass is 273 g/mol. The first kappa shape index (κ1) is 13.1. The third-order valence-electron chi connectivity index (χ3n) is 3.50. The van der Waals surface area contributed by atoms with E-state index in [9.17, 15) is 0 Å². The second-order valence-electron chi connectivity index (χ2n) is 5.06. The summed E-state index contributed by atoms with van der Waals surface area (Å²) in [5, 5.41) is 7.36. The molecule has 106 valence electrons. The summed E-state index contributed by atoms with van der Waals surface area (Å²) in [6.45, 7) is 5.55. The van der Waals surface area contributed by atoms with E-state index in [0.717, 1.165) is 25.2 Å². The molecular weight excluding hydrogens is 254 g/mol. The third-order valence-corrected chi connectivity index (χ3v) is 3.50. The number of nitrogens with two attached hydrogens (primary N) is 1. The van der Waals surface area contributed by atoms with Gasteiger partial charge < -0.3 is 20.5 Å². The molecule has 1 aliphatic rings. The molecule has 1 aromatic heterocycles. The summed E-state index contributed by atoms with van der Waals surface area (Å²) >= 11 is 0. The van der Waals surface area contributed by atoms with E-state index in [4.69, 9.17) is 10.3 Å². The Labute approximate surface area is 118 Å². The van der Waals surface area contributed by atoms with Crippen LogP contribution in [-0.2, 0) is 6.54 Å². The molecule has 1 aliphatic heterocycles. The van der Waals surface area contributed by atoms with E-state index < -0.39 is 0 Å². The van der Waals surface area contributed by atoms with Crippen LogP contribution in [0.4, 0.5) is 5.69 Å². The lowest BCUT2D eigenvalue weighted by atomic mass is 10.1. The fourth-order valence-electron chi connectivity index (χ4n) is 2.44. The van der Waals surface area contributed by atoms with Crippen molar-refractivity contribution in [1.29, 1.82) is 0 Å². The van der Waals surface area contributed by atoms with Crippen LogP contribution in [0.5, 0.6) is 0 Å². The second-order valence-corrected chi connectivity index (χ2v) is 5.06. The molecule has 2 heterocycles. The van der Waals surface area contributed by atoms with Gasteiger partial charge in [-0.2, -0.15) is 4.98 Å². The summed E-state index contributed by atoms with van der Waals surface area (Å²) in [7, 11) is 0. The molecule has 0 aliphatic carbocycles. The van der Waals surface area contributed by atoms with Crippen molar-refractivity contribution in [2.24, 2.45) is 5.73 Å². The Morgan fingerprint density at radius 2 is 2.20 bits per heavy atom. The Balaban J connectivity index is 1.77. The fourth-order valence-corrected chi connectivity index (χ4v) is 2.44. The number of rotatable bonds is 3. The highest BCUT2D eigenvalue weighted by Crippen LogP contribution is 2.22. The Kier molecular flexibility index (Phi) is 3.66. The molecule has 2 aromatic rings. The summed E-state index contributed by atoms with van der Waals surface area (Å²) in [5.41, 5.74) is 7.64. The van der Waals surface area contributed by atoms with Gasteiger partial charge in [-0.25, -0.2) is 0 Å². The van der Waals surface area contributed by atoms with Gasteiger partial charge >= 0.3 is 0 Å². The topological polar surface area (TPSA) is 80.2 Å². The molecule has 3 N–H and O–H groups in total. The number of nitrogens with one attached hydrogen (secondary N) is 1. The number of aromatic nitrogens is 2. The van der Waals surface area contributed by atoms with Crippen LogP contribution >= 0.6 is 0 Å². The van der Waals surface area contributed by atoms with Gasteiger partial charge in [-0.1, -0.05) is 5.16 Å². The number of hydrogen-bond donors (Lipinski definition) is 2. The molecule has 6 nitrogen and oxygen atoms in total. The number of hydrogen-bond acceptors (Lipinski definition) is 6. The first-order chi connectivity index (χ1) is 9.76. The molecule has 3 rings (SSSR count). The van der Waals surface area contributed by atoms with Crippen LogP contribution in [-0.4, -0.2) is 35.8 Å². The number of nitrogens with zero attached hydrogens (tertiary/aromatic N) is 3. The Morgan fingerprint density at radius 1 is 1.40 bits per heavy atom. The van der Waals surface area contributed by atoms with Crippen LogP contribution in [0.2, 0.25) is 0 Å². The first-order valence-corrected chi connectivity index (χ1v) is 6.87. The average molecular weight is 273 g/mol. The number of benzene rings is 1. The Bertz CT molecular complexity index is 565. The maximum absolute atomic E-state index is 5.47. The zero-order valence-electron chi connectivity index (χ0n) is 11.5. The molecule has 20 heavy (non-hydrogen) atoms. The Morgan fingerprint density at radius 3 is 2.85 bits per heavy atom. The van der Waals surface area contributed by atoms with Gasteiger partial charge in [0.2, 0.25) is 11.7 Å². The van der Waals surface area contributed by atoms with E-state index in [1.165, 1.54) is 5.69 Å². The quantitative estimate of drug-likeness (QED) is 0.868. The predicted molar refractivity (Wildman–Crippen MR) is 77.3 cm³/mol. The van der Waals surface area contributed by atoms with Gasteiger partial charge in [-0.15, -0.1) is 0 Å². The van der Waals surface area contributed by atoms with Crippen molar-refractivity contribution >= 4 is 5.69 Å². The minimum absolute atomic E-state index is 0.268.